The molecule has 8 nitrogen and oxygen atoms in total. The van der Waals surface area contributed by atoms with Crippen molar-refractivity contribution in [2.24, 2.45) is 11.7 Å². The lowest BCUT2D eigenvalue weighted by Crippen LogP contribution is -2.49. The highest BCUT2D eigenvalue weighted by Gasteiger charge is 2.33. The van der Waals surface area contributed by atoms with Crippen molar-refractivity contribution in [2.45, 2.75) is 32.2 Å². The predicted octanol–water partition coefficient (Wildman–Crippen LogP) is 1.10. The van der Waals surface area contributed by atoms with Gasteiger partial charge in [0.05, 0.1) is 12.6 Å². The van der Waals surface area contributed by atoms with Crippen LogP contribution in [0.5, 0.6) is 5.75 Å². The van der Waals surface area contributed by atoms with E-state index in [-0.39, 0.29) is 36.2 Å². The van der Waals surface area contributed by atoms with Gasteiger partial charge in [0, 0.05) is 37.7 Å². The zero-order chi connectivity index (χ0) is 19.4. The molecule has 0 aromatic heterocycles. The fraction of sp³-hybridized carbons (Fsp3) is 0.526. The van der Waals surface area contributed by atoms with Crippen LogP contribution in [0.25, 0.3) is 0 Å². The van der Waals surface area contributed by atoms with E-state index in [9.17, 15) is 14.4 Å². The number of primary amides is 1. The third kappa shape index (κ3) is 4.50. The van der Waals surface area contributed by atoms with Crippen LogP contribution >= 0.6 is 0 Å². The van der Waals surface area contributed by atoms with E-state index in [1.54, 1.807) is 9.80 Å². The van der Waals surface area contributed by atoms with Gasteiger partial charge in [-0.15, -0.1) is 0 Å². The number of amides is 4. The van der Waals surface area contributed by atoms with Gasteiger partial charge in [0.1, 0.15) is 5.75 Å². The summed E-state index contributed by atoms with van der Waals surface area (Å²) in [4.78, 5) is 39.4. The van der Waals surface area contributed by atoms with Gasteiger partial charge in [0.2, 0.25) is 11.8 Å². The first-order valence-corrected chi connectivity index (χ1v) is 9.36. The average molecular weight is 374 g/mol. The van der Waals surface area contributed by atoms with E-state index in [2.05, 4.69) is 5.32 Å². The Morgan fingerprint density at radius 2 is 1.89 bits per heavy atom. The van der Waals surface area contributed by atoms with Crippen molar-refractivity contribution in [3.05, 3.63) is 24.3 Å². The quantitative estimate of drug-likeness (QED) is 0.805. The fourth-order valence-corrected chi connectivity index (χ4v) is 3.58. The van der Waals surface area contributed by atoms with E-state index in [1.165, 1.54) is 0 Å². The maximum absolute atomic E-state index is 12.4. The molecule has 0 aliphatic carbocycles. The van der Waals surface area contributed by atoms with Gasteiger partial charge in [-0.2, -0.15) is 0 Å². The summed E-state index contributed by atoms with van der Waals surface area (Å²) in [7, 11) is 0. The minimum Gasteiger partial charge on any atom is -0.494 e. The Morgan fingerprint density at radius 3 is 2.48 bits per heavy atom. The second kappa shape index (κ2) is 8.28. The fourth-order valence-electron chi connectivity index (χ4n) is 3.58. The number of nitrogens with zero attached hydrogens (tertiary/aromatic N) is 2. The Kier molecular flexibility index (Phi) is 5.83. The topological polar surface area (TPSA) is 105 Å². The average Bonchev–Trinajstić information content (AvgIpc) is 3.02. The second-order valence-electron chi connectivity index (χ2n) is 6.95. The monoisotopic (exact) mass is 374 g/mol. The summed E-state index contributed by atoms with van der Waals surface area (Å²) in [6.07, 6.45) is 1.45. The highest BCUT2D eigenvalue weighted by molar-refractivity contribution is 5.96. The van der Waals surface area contributed by atoms with E-state index in [1.807, 2.05) is 31.2 Å². The number of nitrogens with two attached hydrogens (primary N) is 1. The maximum Gasteiger partial charge on any atom is 0.317 e. The summed E-state index contributed by atoms with van der Waals surface area (Å²) in [5.74, 6) is 0.286. The van der Waals surface area contributed by atoms with E-state index in [0.717, 1.165) is 11.4 Å². The summed E-state index contributed by atoms with van der Waals surface area (Å²) in [6, 6.07) is 6.94. The molecule has 2 aliphatic heterocycles. The van der Waals surface area contributed by atoms with Gasteiger partial charge in [0.25, 0.3) is 0 Å². The molecule has 146 valence electrons. The first kappa shape index (κ1) is 19.0. The molecule has 2 heterocycles. The number of ether oxygens (including phenoxy) is 1. The molecule has 27 heavy (non-hydrogen) atoms. The summed E-state index contributed by atoms with van der Waals surface area (Å²) >= 11 is 0. The summed E-state index contributed by atoms with van der Waals surface area (Å²) < 4.78 is 5.42. The van der Waals surface area contributed by atoms with Crippen LogP contribution in [0.3, 0.4) is 0 Å². The first-order chi connectivity index (χ1) is 13.0. The third-order valence-electron chi connectivity index (χ3n) is 5.10. The molecule has 1 aromatic rings. The molecular weight excluding hydrogens is 348 g/mol. The Morgan fingerprint density at radius 1 is 1.22 bits per heavy atom. The number of nitrogens with one attached hydrogen (secondary N) is 1. The Hall–Kier alpha value is -2.77. The number of anilines is 1. The number of rotatable bonds is 5. The van der Waals surface area contributed by atoms with Crippen LogP contribution in [-0.2, 0) is 9.59 Å². The molecule has 1 aromatic carbocycles. The molecule has 2 saturated heterocycles. The van der Waals surface area contributed by atoms with Crippen molar-refractivity contribution in [1.29, 1.82) is 0 Å². The number of piperidine rings is 1. The van der Waals surface area contributed by atoms with Gasteiger partial charge < -0.3 is 25.6 Å². The number of likely N-dealkylation sites (tertiary alicyclic amines) is 1. The SMILES string of the molecule is CCOc1ccc(N2C[C@H](NC(=O)N3CCC(C(N)=O)CC3)CC2=O)cc1. The molecule has 4 amide bonds. The lowest BCUT2D eigenvalue weighted by molar-refractivity contribution is -0.123. The lowest BCUT2D eigenvalue weighted by Gasteiger charge is -2.31. The van der Waals surface area contributed by atoms with Gasteiger partial charge in [-0.3, -0.25) is 9.59 Å². The lowest BCUT2D eigenvalue weighted by atomic mass is 9.96. The van der Waals surface area contributed by atoms with Crippen LogP contribution in [0.2, 0.25) is 0 Å². The first-order valence-electron chi connectivity index (χ1n) is 9.36. The Balaban J connectivity index is 1.53. The zero-order valence-electron chi connectivity index (χ0n) is 15.5. The van der Waals surface area contributed by atoms with Crippen molar-refractivity contribution in [3.63, 3.8) is 0 Å². The minimum absolute atomic E-state index is 0.0168. The number of carbonyl (C=O) groups excluding carboxylic acids is 3. The van der Waals surface area contributed by atoms with Crippen molar-refractivity contribution in [2.75, 3.05) is 31.1 Å². The van der Waals surface area contributed by atoms with Gasteiger partial charge in [-0.1, -0.05) is 0 Å². The van der Waals surface area contributed by atoms with Gasteiger partial charge in [-0.25, -0.2) is 4.79 Å². The molecule has 0 unspecified atom stereocenters. The number of carbonyl (C=O) groups is 3. The van der Waals surface area contributed by atoms with Crippen LogP contribution < -0.4 is 20.7 Å². The normalized spacial score (nSPS) is 20.6. The number of hydrogen-bond acceptors (Lipinski definition) is 4. The molecule has 0 radical (unpaired) electrons. The van der Waals surface area contributed by atoms with Crippen LogP contribution in [0.4, 0.5) is 10.5 Å². The van der Waals surface area contributed by atoms with Gasteiger partial charge in [-0.05, 0) is 44.0 Å². The smallest absolute Gasteiger partial charge is 0.317 e. The molecule has 0 saturated carbocycles. The van der Waals surface area contributed by atoms with Crippen molar-refractivity contribution in [3.8, 4) is 5.75 Å². The largest absolute Gasteiger partial charge is 0.494 e. The summed E-state index contributed by atoms with van der Waals surface area (Å²) in [5.41, 5.74) is 6.12. The van der Waals surface area contributed by atoms with Crippen LogP contribution in [0.15, 0.2) is 24.3 Å². The molecule has 3 rings (SSSR count). The standard InChI is InChI=1S/C19H26N4O4/c1-2-27-16-5-3-15(4-6-16)23-12-14(11-17(23)24)21-19(26)22-9-7-13(8-10-22)18(20)25/h3-6,13-14H,2,7-12H2,1H3,(H2,20,25)(H,21,26)/t14-/m1/s1. The highest BCUT2D eigenvalue weighted by atomic mass is 16.5. The summed E-state index contributed by atoms with van der Waals surface area (Å²) in [5, 5.41) is 2.94. The molecule has 2 aliphatic rings. The van der Waals surface area contributed by atoms with Crippen molar-refractivity contribution in [1.82, 2.24) is 10.2 Å². The van der Waals surface area contributed by atoms with Gasteiger partial charge in [0.15, 0.2) is 0 Å². The van der Waals surface area contributed by atoms with Crippen LogP contribution in [-0.4, -0.2) is 55.0 Å². The van der Waals surface area contributed by atoms with E-state index < -0.39 is 0 Å². The van der Waals surface area contributed by atoms with Crippen LogP contribution in [0.1, 0.15) is 26.2 Å². The molecule has 1 atom stereocenters. The van der Waals surface area contributed by atoms with Gasteiger partial charge >= 0.3 is 6.03 Å². The molecule has 8 heteroatoms. The minimum atomic E-state index is -0.303. The van der Waals surface area contributed by atoms with E-state index in [0.29, 0.717) is 39.1 Å². The van der Waals surface area contributed by atoms with E-state index >= 15 is 0 Å². The summed E-state index contributed by atoms with van der Waals surface area (Å²) in [6.45, 7) is 3.95. The van der Waals surface area contributed by atoms with Crippen molar-refractivity contribution < 1.29 is 19.1 Å². The van der Waals surface area contributed by atoms with Crippen molar-refractivity contribution >= 4 is 23.5 Å². The molecular formula is C19H26N4O4. The molecule has 3 N–H and O–H groups in total. The Bertz CT molecular complexity index is 698. The number of benzene rings is 1. The maximum atomic E-state index is 12.4. The number of urea groups is 1. The second-order valence-corrected chi connectivity index (χ2v) is 6.95. The molecule has 0 spiro atoms. The molecule has 2 fully saturated rings. The zero-order valence-corrected chi connectivity index (χ0v) is 15.5. The predicted molar refractivity (Wildman–Crippen MR) is 100 cm³/mol. The Labute approximate surface area is 158 Å². The highest BCUT2D eigenvalue weighted by Crippen LogP contribution is 2.24. The van der Waals surface area contributed by atoms with E-state index in [4.69, 9.17) is 10.5 Å². The van der Waals surface area contributed by atoms with Crippen LogP contribution in [0, 0.1) is 5.92 Å². The number of hydrogen-bond donors (Lipinski definition) is 2. The third-order valence-corrected chi connectivity index (χ3v) is 5.10. The molecule has 0 bridgehead atoms.